The van der Waals surface area contributed by atoms with E-state index in [9.17, 15) is 0 Å². The lowest BCUT2D eigenvalue weighted by Crippen LogP contribution is -2.23. The number of aryl methyl sites for hydroxylation is 2. The molecule has 0 aliphatic heterocycles. The zero-order valence-electron chi connectivity index (χ0n) is 10.6. The van der Waals surface area contributed by atoms with Crippen LogP contribution in [-0.4, -0.2) is 19.7 Å². The molecule has 0 saturated heterocycles. The molecule has 0 amide bonds. The second-order valence-corrected chi connectivity index (χ2v) is 5.30. The van der Waals surface area contributed by atoms with Crippen LogP contribution in [0.4, 0.5) is 0 Å². The number of ether oxygens (including phenoxy) is 1. The molecule has 0 heterocycles. The Kier molecular flexibility index (Phi) is 4.30. The third-order valence-corrected chi connectivity index (χ3v) is 3.30. The molecular weight excluding hydrogens is 234 g/mol. The van der Waals surface area contributed by atoms with E-state index < -0.39 is 0 Å². The van der Waals surface area contributed by atoms with E-state index in [1.807, 2.05) is 26.0 Å². The first-order valence-corrected chi connectivity index (χ1v) is 6.65. The van der Waals surface area contributed by atoms with Gasteiger partial charge in [0.25, 0.3) is 0 Å². The van der Waals surface area contributed by atoms with Gasteiger partial charge < -0.3 is 10.1 Å². The topological polar surface area (TPSA) is 21.3 Å². The molecule has 0 bridgehead atoms. The van der Waals surface area contributed by atoms with Crippen LogP contribution in [0.25, 0.3) is 0 Å². The minimum Gasteiger partial charge on any atom is -0.492 e. The quantitative estimate of drug-likeness (QED) is 0.786. The smallest absolute Gasteiger partial charge is 0.125 e. The van der Waals surface area contributed by atoms with E-state index in [2.05, 4.69) is 5.32 Å². The van der Waals surface area contributed by atoms with Crippen molar-refractivity contribution in [2.75, 3.05) is 19.7 Å². The Morgan fingerprint density at radius 3 is 2.53 bits per heavy atom. The van der Waals surface area contributed by atoms with Crippen LogP contribution in [0.5, 0.6) is 5.75 Å². The molecule has 3 heteroatoms. The molecule has 1 aromatic rings. The average Bonchev–Trinajstić information content (AvgIpc) is 3.04. The first kappa shape index (κ1) is 12.7. The van der Waals surface area contributed by atoms with Gasteiger partial charge in [-0.25, -0.2) is 0 Å². The monoisotopic (exact) mass is 253 g/mol. The van der Waals surface area contributed by atoms with E-state index in [1.54, 1.807) is 0 Å². The first-order valence-electron chi connectivity index (χ1n) is 6.27. The van der Waals surface area contributed by atoms with Crippen LogP contribution in [-0.2, 0) is 0 Å². The minimum absolute atomic E-state index is 0.718. The van der Waals surface area contributed by atoms with Gasteiger partial charge in [0.1, 0.15) is 12.4 Å². The second kappa shape index (κ2) is 5.74. The van der Waals surface area contributed by atoms with Gasteiger partial charge in [-0.2, -0.15) is 0 Å². The maximum absolute atomic E-state index is 5.98. The molecule has 1 saturated carbocycles. The summed E-state index contributed by atoms with van der Waals surface area (Å²) in [5.74, 6) is 1.90. The second-order valence-electron chi connectivity index (χ2n) is 4.86. The van der Waals surface area contributed by atoms with E-state index >= 15 is 0 Å². The minimum atomic E-state index is 0.718. The van der Waals surface area contributed by atoms with E-state index in [4.69, 9.17) is 16.3 Å². The van der Waals surface area contributed by atoms with Gasteiger partial charge in [0.15, 0.2) is 0 Å². The molecule has 1 N–H and O–H groups in total. The van der Waals surface area contributed by atoms with Crippen molar-refractivity contribution in [3.05, 3.63) is 28.3 Å². The molecule has 17 heavy (non-hydrogen) atoms. The summed E-state index contributed by atoms with van der Waals surface area (Å²) < 4.78 is 5.80. The average molecular weight is 254 g/mol. The molecule has 0 aromatic heterocycles. The summed E-state index contributed by atoms with van der Waals surface area (Å²) in [6.45, 7) is 6.84. The Hall–Kier alpha value is -0.730. The number of hydrogen-bond donors (Lipinski definition) is 1. The summed E-state index contributed by atoms with van der Waals surface area (Å²) >= 11 is 5.98. The lowest BCUT2D eigenvalue weighted by Gasteiger charge is -2.13. The molecule has 0 unspecified atom stereocenters. The Bertz CT molecular complexity index is 365. The molecule has 2 nitrogen and oxygen atoms in total. The Morgan fingerprint density at radius 1 is 1.29 bits per heavy atom. The van der Waals surface area contributed by atoms with Crippen molar-refractivity contribution in [2.24, 2.45) is 5.92 Å². The number of benzene rings is 1. The summed E-state index contributed by atoms with van der Waals surface area (Å²) in [4.78, 5) is 0. The highest BCUT2D eigenvalue weighted by Crippen LogP contribution is 2.28. The third kappa shape index (κ3) is 3.90. The molecule has 94 valence electrons. The fraction of sp³-hybridized carbons (Fsp3) is 0.571. The number of hydrogen-bond acceptors (Lipinski definition) is 2. The normalized spacial score (nSPS) is 15.0. The molecule has 0 atom stereocenters. The number of halogens is 1. The molecule has 1 fully saturated rings. The summed E-state index contributed by atoms with van der Waals surface area (Å²) in [5.41, 5.74) is 2.22. The maximum atomic E-state index is 5.98. The highest BCUT2D eigenvalue weighted by atomic mass is 35.5. The van der Waals surface area contributed by atoms with Crippen molar-refractivity contribution in [1.82, 2.24) is 5.32 Å². The zero-order valence-corrected chi connectivity index (χ0v) is 11.3. The van der Waals surface area contributed by atoms with Crippen molar-refractivity contribution in [1.29, 1.82) is 0 Å². The predicted octanol–water partition coefficient (Wildman–Crippen LogP) is 3.34. The van der Waals surface area contributed by atoms with Crippen LogP contribution in [0.15, 0.2) is 12.1 Å². The van der Waals surface area contributed by atoms with Gasteiger partial charge in [-0.05, 0) is 62.4 Å². The van der Waals surface area contributed by atoms with Crippen LogP contribution in [0.2, 0.25) is 5.02 Å². The summed E-state index contributed by atoms with van der Waals surface area (Å²) in [6.07, 6.45) is 2.78. The Labute approximate surface area is 108 Å². The zero-order chi connectivity index (χ0) is 12.3. The van der Waals surface area contributed by atoms with Gasteiger partial charge in [0.05, 0.1) is 0 Å². The van der Waals surface area contributed by atoms with Crippen molar-refractivity contribution in [3.8, 4) is 5.75 Å². The molecule has 0 radical (unpaired) electrons. The molecule has 1 aliphatic carbocycles. The van der Waals surface area contributed by atoms with Crippen LogP contribution < -0.4 is 10.1 Å². The van der Waals surface area contributed by atoms with Crippen LogP contribution in [0.3, 0.4) is 0 Å². The predicted molar refractivity (Wildman–Crippen MR) is 72.0 cm³/mol. The third-order valence-electron chi connectivity index (χ3n) is 3.08. The standard InChI is InChI=1S/C14H20ClNO/c1-10-7-13(15)8-11(2)14(10)17-6-5-16-9-12-3-4-12/h7-8,12,16H,3-6,9H2,1-2H3. The SMILES string of the molecule is Cc1cc(Cl)cc(C)c1OCCNCC1CC1. The highest BCUT2D eigenvalue weighted by molar-refractivity contribution is 6.30. The Balaban J connectivity index is 1.77. The fourth-order valence-electron chi connectivity index (χ4n) is 1.98. The summed E-state index contributed by atoms with van der Waals surface area (Å²) in [7, 11) is 0. The lowest BCUT2D eigenvalue weighted by atomic mass is 10.1. The van der Waals surface area contributed by atoms with Gasteiger partial charge >= 0.3 is 0 Å². The number of nitrogens with one attached hydrogen (secondary N) is 1. The van der Waals surface area contributed by atoms with Crippen LogP contribution in [0.1, 0.15) is 24.0 Å². The first-order chi connectivity index (χ1) is 8.16. The van der Waals surface area contributed by atoms with E-state index in [0.717, 1.165) is 47.5 Å². The largest absolute Gasteiger partial charge is 0.492 e. The van der Waals surface area contributed by atoms with Gasteiger partial charge in [-0.15, -0.1) is 0 Å². The van der Waals surface area contributed by atoms with Gasteiger partial charge in [0.2, 0.25) is 0 Å². The van der Waals surface area contributed by atoms with Crippen molar-refractivity contribution in [2.45, 2.75) is 26.7 Å². The lowest BCUT2D eigenvalue weighted by molar-refractivity contribution is 0.309. The Morgan fingerprint density at radius 2 is 1.94 bits per heavy atom. The molecule has 1 aliphatic rings. The number of rotatable bonds is 6. The van der Waals surface area contributed by atoms with Gasteiger partial charge in [-0.1, -0.05) is 11.6 Å². The molecule has 0 spiro atoms. The van der Waals surface area contributed by atoms with Gasteiger partial charge in [0, 0.05) is 11.6 Å². The van der Waals surface area contributed by atoms with E-state index in [0.29, 0.717) is 0 Å². The van der Waals surface area contributed by atoms with Crippen LogP contribution in [0, 0.1) is 19.8 Å². The van der Waals surface area contributed by atoms with Crippen molar-refractivity contribution in [3.63, 3.8) is 0 Å². The summed E-state index contributed by atoms with van der Waals surface area (Å²) in [6, 6.07) is 3.89. The molecule has 1 aromatic carbocycles. The molecule has 2 rings (SSSR count). The van der Waals surface area contributed by atoms with Crippen molar-refractivity contribution < 1.29 is 4.74 Å². The van der Waals surface area contributed by atoms with E-state index in [-0.39, 0.29) is 0 Å². The fourth-order valence-corrected chi connectivity index (χ4v) is 2.31. The van der Waals surface area contributed by atoms with Gasteiger partial charge in [-0.3, -0.25) is 0 Å². The van der Waals surface area contributed by atoms with Crippen molar-refractivity contribution >= 4 is 11.6 Å². The maximum Gasteiger partial charge on any atom is 0.125 e. The molecular formula is C14H20ClNO. The summed E-state index contributed by atoms with van der Waals surface area (Å²) in [5, 5.41) is 4.19. The highest BCUT2D eigenvalue weighted by Gasteiger charge is 2.19. The van der Waals surface area contributed by atoms with E-state index in [1.165, 1.54) is 12.8 Å². The van der Waals surface area contributed by atoms with Crippen LogP contribution >= 0.6 is 11.6 Å².